The highest BCUT2D eigenvalue weighted by molar-refractivity contribution is 5.85. The number of nitrogens with one attached hydrogen (secondary N) is 1. The number of halogens is 2. The normalized spacial score (nSPS) is 16.2. The first kappa shape index (κ1) is 18.6. The minimum atomic E-state index is -0.829. The molecule has 1 aliphatic rings. The summed E-state index contributed by atoms with van der Waals surface area (Å²) in [7, 11) is 0. The predicted octanol–water partition coefficient (Wildman–Crippen LogP) is 3.60. The van der Waals surface area contributed by atoms with Crippen LogP contribution >= 0.6 is 0 Å². The molecule has 24 heavy (non-hydrogen) atoms. The summed E-state index contributed by atoms with van der Waals surface area (Å²) in [6, 6.07) is 4.24. The molecule has 2 rings (SSSR count). The van der Waals surface area contributed by atoms with Gasteiger partial charge in [0.15, 0.2) is 11.6 Å². The molecule has 132 valence electrons. The first-order valence-electron chi connectivity index (χ1n) is 8.40. The third-order valence-electron chi connectivity index (χ3n) is 4.52. The second kappa shape index (κ2) is 7.43. The summed E-state index contributed by atoms with van der Waals surface area (Å²) in [5, 5.41) is 2.97. The van der Waals surface area contributed by atoms with E-state index in [0.717, 1.165) is 11.6 Å². The molecule has 0 radical (unpaired) electrons. The lowest BCUT2D eigenvalue weighted by atomic mass is 9.94. The molecule has 0 saturated carbocycles. The van der Waals surface area contributed by atoms with Crippen molar-refractivity contribution >= 4 is 11.5 Å². The number of rotatable bonds is 5. The maximum atomic E-state index is 13.9. The summed E-state index contributed by atoms with van der Waals surface area (Å²) in [6.45, 7) is 9.70. The lowest BCUT2D eigenvalue weighted by Crippen LogP contribution is -2.56. The van der Waals surface area contributed by atoms with Gasteiger partial charge in [0.2, 0.25) is 5.91 Å². The van der Waals surface area contributed by atoms with E-state index in [2.05, 4.69) is 24.1 Å². The third-order valence-corrected chi connectivity index (χ3v) is 4.52. The van der Waals surface area contributed by atoms with Crippen molar-refractivity contribution in [3.05, 3.63) is 41.5 Å². The number of carbonyl (C=O) groups excluding carboxylic acids is 1. The summed E-state index contributed by atoms with van der Waals surface area (Å²) in [4.78, 5) is 14.5. The Morgan fingerprint density at radius 3 is 2.62 bits per heavy atom. The van der Waals surface area contributed by atoms with Gasteiger partial charge in [-0.3, -0.25) is 9.69 Å². The Bertz CT molecular complexity index is 638. The van der Waals surface area contributed by atoms with Crippen LogP contribution in [0.3, 0.4) is 0 Å². The van der Waals surface area contributed by atoms with Crippen LogP contribution in [0.4, 0.5) is 8.78 Å². The molecule has 1 aromatic rings. The zero-order chi connectivity index (χ0) is 17.9. The summed E-state index contributed by atoms with van der Waals surface area (Å²) in [6.07, 6.45) is 2.47. The van der Waals surface area contributed by atoms with Gasteiger partial charge in [0.05, 0.1) is 5.54 Å². The van der Waals surface area contributed by atoms with Crippen LogP contribution in [0, 0.1) is 17.6 Å². The quantitative estimate of drug-likeness (QED) is 0.891. The van der Waals surface area contributed by atoms with Crippen LogP contribution in [0.2, 0.25) is 0 Å². The molecule has 5 heteroatoms. The highest BCUT2D eigenvalue weighted by Gasteiger charge is 2.35. The molecule has 1 aromatic carbocycles. The van der Waals surface area contributed by atoms with E-state index in [9.17, 15) is 13.6 Å². The Kier molecular flexibility index (Phi) is 5.75. The molecule has 1 amide bonds. The summed E-state index contributed by atoms with van der Waals surface area (Å²) < 4.78 is 27.3. The van der Waals surface area contributed by atoms with Gasteiger partial charge in [0, 0.05) is 25.2 Å². The largest absolute Gasteiger partial charge is 0.354 e. The Morgan fingerprint density at radius 1 is 1.33 bits per heavy atom. The first-order chi connectivity index (χ1) is 11.2. The molecular formula is C19H26F2N2O. The number of hydrogen-bond donors (Lipinski definition) is 1. The van der Waals surface area contributed by atoms with E-state index in [1.54, 1.807) is 6.07 Å². The number of hydrogen-bond acceptors (Lipinski definition) is 2. The molecule has 1 aliphatic heterocycles. The Balaban J connectivity index is 2.08. The fraction of sp³-hybridized carbons (Fsp3) is 0.526. The molecule has 0 unspecified atom stereocenters. The zero-order valence-electron chi connectivity index (χ0n) is 14.8. The molecule has 3 nitrogen and oxygen atoms in total. The predicted molar refractivity (Wildman–Crippen MR) is 92.5 cm³/mol. The lowest BCUT2D eigenvalue weighted by Gasteiger charge is -2.39. The topological polar surface area (TPSA) is 32.3 Å². The van der Waals surface area contributed by atoms with Crippen LogP contribution in [0.5, 0.6) is 0 Å². The number of benzene rings is 1. The lowest BCUT2D eigenvalue weighted by molar-refractivity contribution is -0.131. The molecule has 1 heterocycles. The van der Waals surface area contributed by atoms with Crippen molar-refractivity contribution in [1.29, 1.82) is 0 Å². The smallest absolute Gasteiger partial charge is 0.239 e. The van der Waals surface area contributed by atoms with Gasteiger partial charge in [-0.25, -0.2) is 8.78 Å². The Labute approximate surface area is 142 Å². The maximum Gasteiger partial charge on any atom is 0.239 e. The minimum Gasteiger partial charge on any atom is -0.354 e. The van der Waals surface area contributed by atoms with Gasteiger partial charge < -0.3 is 5.32 Å². The van der Waals surface area contributed by atoms with Crippen molar-refractivity contribution in [1.82, 2.24) is 10.2 Å². The van der Waals surface area contributed by atoms with Crippen molar-refractivity contribution in [2.24, 2.45) is 5.92 Å². The number of carbonyl (C=O) groups is 1. The van der Waals surface area contributed by atoms with E-state index in [1.807, 2.05) is 19.9 Å². The van der Waals surface area contributed by atoms with Crippen molar-refractivity contribution in [3.63, 3.8) is 0 Å². The van der Waals surface area contributed by atoms with Crippen LogP contribution in [0.1, 0.15) is 39.7 Å². The van der Waals surface area contributed by atoms with Crippen LogP contribution in [0.15, 0.2) is 24.3 Å². The Hall–Kier alpha value is -1.75. The molecule has 0 atom stereocenters. The van der Waals surface area contributed by atoms with Crippen molar-refractivity contribution in [2.75, 3.05) is 19.6 Å². The molecule has 0 spiro atoms. The van der Waals surface area contributed by atoms with Crippen LogP contribution in [-0.4, -0.2) is 36.0 Å². The van der Waals surface area contributed by atoms with E-state index in [1.165, 1.54) is 6.07 Å². The second-order valence-electron chi connectivity index (χ2n) is 7.19. The van der Waals surface area contributed by atoms with E-state index in [0.29, 0.717) is 37.5 Å². The van der Waals surface area contributed by atoms with Crippen molar-refractivity contribution in [3.8, 4) is 0 Å². The van der Waals surface area contributed by atoms with Gasteiger partial charge in [0.25, 0.3) is 0 Å². The van der Waals surface area contributed by atoms with Crippen LogP contribution < -0.4 is 5.32 Å². The Morgan fingerprint density at radius 2 is 2.04 bits per heavy atom. The molecule has 0 fully saturated rings. The van der Waals surface area contributed by atoms with Gasteiger partial charge in [-0.2, -0.15) is 0 Å². The number of nitrogens with zero attached hydrogens (tertiary/aromatic N) is 1. The SMILES string of the molecule is CC(C)CNC(=O)C(C)(C)N1CC=C(c2cccc(F)c2F)CC1. The summed E-state index contributed by atoms with van der Waals surface area (Å²) in [5.41, 5.74) is 0.468. The van der Waals surface area contributed by atoms with Crippen molar-refractivity contribution in [2.45, 2.75) is 39.7 Å². The van der Waals surface area contributed by atoms with E-state index >= 15 is 0 Å². The van der Waals surface area contributed by atoms with E-state index < -0.39 is 17.2 Å². The fourth-order valence-corrected chi connectivity index (χ4v) is 2.83. The third kappa shape index (κ3) is 4.01. The molecular weight excluding hydrogens is 310 g/mol. The van der Waals surface area contributed by atoms with E-state index in [4.69, 9.17) is 0 Å². The average molecular weight is 336 g/mol. The molecule has 0 saturated heterocycles. The molecule has 1 N–H and O–H groups in total. The highest BCUT2D eigenvalue weighted by Crippen LogP contribution is 2.28. The summed E-state index contributed by atoms with van der Waals surface area (Å²) >= 11 is 0. The van der Waals surface area contributed by atoms with Gasteiger partial charge >= 0.3 is 0 Å². The number of amides is 1. The summed E-state index contributed by atoms with van der Waals surface area (Å²) in [5.74, 6) is -1.24. The monoisotopic (exact) mass is 336 g/mol. The second-order valence-corrected chi connectivity index (χ2v) is 7.19. The van der Waals surface area contributed by atoms with Gasteiger partial charge in [-0.1, -0.05) is 32.1 Å². The van der Waals surface area contributed by atoms with Gasteiger partial charge in [0.1, 0.15) is 0 Å². The highest BCUT2D eigenvalue weighted by atomic mass is 19.2. The first-order valence-corrected chi connectivity index (χ1v) is 8.40. The zero-order valence-corrected chi connectivity index (χ0v) is 14.8. The average Bonchev–Trinajstić information content (AvgIpc) is 2.55. The fourth-order valence-electron chi connectivity index (χ4n) is 2.83. The van der Waals surface area contributed by atoms with Crippen LogP contribution in [0.25, 0.3) is 5.57 Å². The van der Waals surface area contributed by atoms with Crippen LogP contribution in [-0.2, 0) is 4.79 Å². The van der Waals surface area contributed by atoms with Gasteiger partial charge in [-0.15, -0.1) is 0 Å². The maximum absolute atomic E-state index is 13.9. The minimum absolute atomic E-state index is 0.00927. The standard InChI is InChI=1S/C19H26F2N2O/c1-13(2)12-22-18(24)19(3,4)23-10-8-14(9-11-23)15-6-5-7-16(20)17(15)21/h5-8,13H,9-12H2,1-4H3,(H,22,24). The molecule has 0 aromatic heterocycles. The van der Waals surface area contributed by atoms with E-state index in [-0.39, 0.29) is 5.91 Å². The van der Waals surface area contributed by atoms with Gasteiger partial charge in [-0.05, 0) is 37.8 Å². The molecule has 0 bridgehead atoms. The van der Waals surface area contributed by atoms with Crippen molar-refractivity contribution < 1.29 is 13.6 Å². The molecule has 0 aliphatic carbocycles.